The van der Waals surface area contributed by atoms with Gasteiger partial charge in [0.1, 0.15) is 5.75 Å². The lowest BCUT2D eigenvalue weighted by atomic mass is 9.97. The highest BCUT2D eigenvalue weighted by Crippen LogP contribution is 2.48. The van der Waals surface area contributed by atoms with Crippen molar-refractivity contribution in [3.63, 3.8) is 0 Å². The van der Waals surface area contributed by atoms with Crippen molar-refractivity contribution >= 4 is 11.6 Å². The van der Waals surface area contributed by atoms with E-state index in [0.717, 1.165) is 16.3 Å². The lowest BCUT2D eigenvalue weighted by Gasteiger charge is -2.11. The summed E-state index contributed by atoms with van der Waals surface area (Å²) >= 11 is 6.32. The standard InChI is InChI=1S/C15H14ClNO/c1-18-9-5-6-11-12(7-9)13(8-17)10-3-2-4-14(16)15(10)11/h2-7,13H,8,17H2,1H3. The van der Waals surface area contributed by atoms with Crippen LogP contribution in [0.15, 0.2) is 36.4 Å². The molecule has 0 saturated carbocycles. The molecule has 3 heteroatoms. The minimum atomic E-state index is 0.212. The monoisotopic (exact) mass is 259 g/mol. The van der Waals surface area contributed by atoms with Gasteiger partial charge in [-0.25, -0.2) is 0 Å². The largest absolute Gasteiger partial charge is 0.497 e. The van der Waals surface area contributed by atoms with E-state index in [4.69, 9.17) is 22.1 Å². The molecule has 18 heavy (non-hydrogen) atoms. The van der Waals surface area contributed by atoms with Gasteiger partial charge in [0.25, 0.3) is 0 Å². The zero-order valence-corrected chi connectivity index (χ0v) is 10.9. The number of fused-ring (bicyclic) bond motifs is 3. The van der Waals surface area contributed by atoms with E-state index in [1.807, 2.05) is 18.2 Å². The van der Waals surface area contributed by atoms with Crippen molar-refractivity contribution in [2.75, 3.05) is 13.7 Å². The Hall–Kier alpha value is -1.51. The number of methoxy groups -OCH3 is 1. The van der Waals surface area contributed by atoms with Gasteiger partial charge in [-0.2, -0.15) is 0 Å². The van der Waals surface area contributed by atoms with Gasteiger partial charge >= 0.3 is 0 Å². The molecule has 1 atom stereocenters. The minimum Gasteiger partial charge on any atom is -0.497 e. The van der Waals surface area contributed by atoms with Crippen LogP contribution in [0.5, 0.6) is 5.75 Å². The van der Waals surface area contributed by atoms with E-state index < -0.39 is 0 Å². The third-order valence-corrected chi connectivity index (χ3v) is 3.88. The van der Waals surface area contributed by atoms with Gasteiger partial charge in [-0.3, -0.25) is 0 Å². The predicted octanol–water partition coefficient (Wildman–Crippen LogP) is 3.42. The first-order valence-electron chi connectivity index (χ1n) is 5.93. The van der Waals surface area contributed by atoms with Gasteiger partial charge in [-0.05, 0) is 34.9 Å². The predicted molar refractivity (Wildman–Crippen MR) is 74.3 cm³/mol. The molecule has 2 aromatic carbocycles. The molecule has 0 radical (unpaired) electrons. The van der Waals surface area contributed by atoms with Crippen molar-refractivity contribution < 1.29 is 4.74 Å². The van der Waals surface area contributed by atoms with E-state index in [2.05, 4.69) is 18.2 Å². The molecule has 0 fully saturated rings. The molecule has 0 saturated heterocycles. The smallest absolute Gasteiger partial charge is 0.119 e. The van der Waals surface area contributed by atoms with E-state index in [1.165, 1.54) is 16.7 Å². The van der Waals surface area contributed by atoms with Crippen molar-refractivity contribution in [3.8, 4) is 16.9 Å². The second-order valence-corrected chi connectivity index (χ2v) is 4.85. The topological polar surface area (TPSA) is 35.2 Å². The summed E-state index contributed by atoms with van der Waals surface area (Å²) in [5.41, 5.74) is 10.6. The molecular weight excluding hydrogens is 246 g/mol. The van der Waals surface area contributed by atoms with Crippen molar-refractivity contribution in [1.29, 1.82) is 0 Å². The quantitative estimate of drug-likeness (QED) is 0.897. The highest BCUT2D eigenvalue weighted by molar-refractivity contribution is 6.33. The average Bonchev–Trinajstić information content (AvgIpc) is 2.72. The van der Waals surface area contributed by atoms with E-state index >= 15 is 0 Å². The summed E-state index contributed by atoms with van der Waals surface area (Å²) in [7, 11) is 1.67. The Balaban J connectivity index is 2.28. The molecule has 0 amide bonds. The van der Waals surface area contributed by atoms with E-state index in [0.29, 0.717) is 6.54 Å². The van der Waals surface area contributed by atoms with Crippen LogP contribution in [0, 0.1) is 0 Å². The molecule has 0 spiro atoms. The Morgan fingerprint density at radius 3 is 2.78 bits per heavy atom. The molecule has 1 unspecified atom stereocenters. The number of benzene rings is 2. The molecule has 1 aliphatic carbocycles. The first kappa shape index (κ1) is 11.6. The van der Waals surface area contributed by atoms with Gasteiger partial charge in [0.05, 0.1) is 7.11 Å². The zero-order chi connectivity index (χ0) is 12.7. The fraction of sp³-hybridized carbons (Fsp3) is 0.200. The molecular formula is C15H14ClNO. The maximum Gasteiger partial charge on any atom is 0.119 e. The number of nitrogens with two attached hydrogens (primary N) is 1. The maximum atomic E-state index is 6.32. The van der Waals surface area contributed by atoms with Gasteiger partial charge < -0.3 is 10.5 Å². The number of hydrogen-bond acceptors (Lipinski definition) is 2. The van der Waals surface area contributed by atoms with Gasteiger partial charge in [-0.15, -0.1) is 0 Å². The average molecular weight is 260 g/mol. The van der Waals surface area contributed by atoms with Crippen LogP contribution in [0.4, 0.5) is 0 Å². The highest BCUT2D eigenvalue weighted by atomic mass is 35.5. The van der Waals surface area contributed by atoms with Crippen LogP contribution in [0.2, 0.25) is 5.02 Å². The molecule has 0 aliphatic heterocycles. The molecule has 92 valence electrons. The Bertz CT molecular complexity index is 609. The third-order valence-electron chi connectivity index (χ3n) is 3.56. The summed E-state index contributed by atoms with van der Waals surface area (Å²) in [5, 5.41) is 0.787. The first-order valence-corrected chi connectivity index (χ1v) is 6.31. The van der Waals surface area contributed by atoms with Crippen LogP contribution in [0.1, 0.15) is 17.0 Å². The molecule has 1 aliphatic rings. The molecule has 3 rings (SSSR count). The van der Waals surface area contributed by atoms with Crippen LogP contribution in [0.25, 0.3) is 11.1 Å². The summed E-state index contributed by atoms with van der Waals surface area (Å²) in [4.78, 5) is 0. The fourth-order valence-corrected chi connectivity index (χ4v) is 3.00. The number of ether oxygens (including phenoxy) is 1. The Labute approximate surface area is 111 Å². The van der Waals surface area contributed by atoms with Crippen molar-refractivity contribution in [2.24, 2.45) is 5.73 Å². The molecule has 0 heterocycles. The Morgan fingerprint density at radius 1 is 1.22 bits per heavy atom. The molecule has 0 aromatic heterocycles. The molecule has 2 nitrogen and oxygen atoms in total. The Kier molecular flexibility index (Phi) is 2.77. The van der Waals surface area contributed by atoms with Gasteiger partial charge in [0, 0.05) is 23.0 Å². The van der Waals surface area contributed by atoms with Crippen LogP contribution < -0.4 is 10.5 Å². The van der Waals surface area contributed by atoms with Crippen LogP contribution >= 0.6 is 11.6 Å². The SMILES string of the molecule is COc1ccc2c(c1)C(CN)c1cccc(Cl)c1-2. The zero-order valence-electron chi connectivity index (χ0n) is 10.1. The normalized spacial score (nSPS) is 16.3. The van der Waals surface area contributed by atoms with Crippen molar-refractivity contribution in [1.82, 2.24) is 0 Å². The second-order valence-electron chi connectivity index (χ2n) is 4.45. The van der Waals surface area contributed by atoms with E-state index in [-0.39, 0.29) is 5.92 Å². The minimum absolute atomic E-state index is 0.212. The van der Waals surface area contributed by atoms with E-state index in [1.54, 1.807) is 7.11 Å². The van der Waals surface area contributed by atoms with Crippen LogP contribution in [-0.2, 0) is 0 Å². The summed E-state index contributed by atoms with van der Waals surface area (Å²) in [6, 6.07) is 12.1. The van der Waals surface area contributed by atoms with Crippen LogP contribution in [-0.4, -0.2) is 13.7 Å². The maximum absolute atomic E-state index is 6.32. The van der Waals surface area contributed by atoms with Crippen molar-refractivity contribution in [3.05, 3.63) is 52.5 Å². The van der Waals surface area contributed by atoms with Crippen LogP contribution in [0.3, 0.4) is 0 Å². The van der Waals surface area contributed by atoms with Gasteiger partial charge in [0.15, 0.2) is 0 Å². The van der Waals surface area contributed by atoms with Crippen molar-refractivity contribution in [2.45, 2.75) is 5.92 Å². The highest BCUT2D eigenvalue weighted by Gasteiger charge is 2.29. The summed E-state index contributed by atoms with van der Waals surface area (Å²) in [6.45, 7) is 0.577. The van der Waals surface area contributed by atoms with Gasteiger partial charge in [-0.1, -0.05) is 29.8 Å². The third kappa shape index (κ3) is 1.53. The molecule has 2 N–H and O–H groups in total. The number of halogens is 1. The number of hydrogen-bond donors (Lipinski definition) is 1. The molecule has 0 bridgehead atoms. The van der Waals surface area contributed by atoms with E-state index in [9.17, 15) is 0 Å². The first-order chi connectivity index (χ1) is 8.76. The lowest BCUT2D eigenvalue weighted by molar-refractivity contribution is 0.414. The Morgan fingerprint density at radius 2 is 2.06 bits per heavy atom. The molecule has 2 aromatic rings. The second kappa shape index (κ2) is 4.30. The summed E-state index contributed by atoms with van der Waals surface area (Å²) in [6.07, 6.45) is 0. The number of rotatable bonds is 2. The summed E-state index contributed by atoms with van der Waals surface area (Å²) in [5.74, 6) is 1.07. The fourth-order valence-electron chi connectivity index (χ4n) is 2.72. The summed E-state index contributed by atoms with van der Waals surface area (Å²) < 4.78 is 5.29. The lowest BCUT2D eigenvalue weighted by Crippen LogP contribution is -2.11. The van der Waals surface area contributed by atoms with Gasteiger partial charge in [0.2, 0.25) is 0 Å².